The number of aliphatic hydroxyl groups is 1. The van der Waals surface area contributed by atoms with Crippen LogP contribution >= 0.6 is 12.4 Å². The molecule has 1 aromatic heterocycles. The van der Waals surface area contributed by atoms with Crippen LogP contribution in [0.15, 0.2) is 28.8 Å². The minimum absolute atomic E-state index is 0. The standard InChI is InChI=1S/C18H24N4O3.ClH/c1-18(2,3)17-21-16(25-22-17)13-7-5-4-6-12(13)15(24)20-9-11-8-19-10-14(11)23;/h4-7,11,14,19,23H,8-10H2,1-3H3,(H,20,24);1H. The van der Waals surface area contributed by atoms with Gasteiger partial charge in [-0.1, -0.05) is 38.1 Å². The first-order chi connectivity index (χ1) is 11.9. The van der Waals surface area contributed by atoms with Crippen LogP contribution in [-0.2, 0) is 5.41 Å². The average Bonchev–Trinajstić information content (AvgIpc) is 3.21. The molecule has 1 saturated heterocycles. The van der Waals surface area contributed by atoms with Crippen LogP contribution in [0.4, 0.5) is 0 Å². The van der Waals surface area contributed by atoms with Gasteiger partial charge >= 0.3 is 0 Å². The number of hydrogen-bond donors (Lipinski definition) is 3. The van der Waals surface area contributed by atoms with Crippen molar-refractivity contribution >= 4 is 18.3 Å². The number of benzene rings is 1. The second kappa shape index (κ2) is 8.16. The Hall–Kier alpha value is -1.96. The second-order valence-electron chi connectivity index (χ2n) is 7.41. The maximum Gasteiger partial charge on any atom is 0.258 e. The van der Waals surface area contributed by atoms with Gasteiger partial charge in [0.05, 0.1) is 17.2 Å². The average molecular weight is 381 g/mol. The van der Waals surface area contributed by atoms with Crippen molar-refractivity contribution < 1.29 is 14.4 Å². The highest BCUT2D eigenvalue weighted by atomic mass is 35.5. The third kappa shape index (κ3) is 4.41. The highest BCUT2D eigenvalue weighted by Gasteiger charge is 2.26. The van der Waals surface area contributed by atoms with Crippen LogP contribution in [-0.4, -0.2) is 46.9 Å². The number of rotatable bonds is 4. The van der Waals surface area contributed by atoms with Crippen LogP contribution in [0.2, 0.25) is 0 Å². The van der Waals surface area contributed by atoms with Crippen molar-refractivity contribution in [1.82, 2.24) is 20.8 Å². The van der Waals surface area contributed by atoms with E-state index in [0.717, 1.165) is 0 Å². The van der Waals surface area contributed by atoms with Crippen molar-refractivity contribution in [1.29, 1.82) is 0 Å². The topological polar surface area (TPSA) is 100 Å². The van der Waals surface area contributed by atoms with Gasteiger partial charge in [-0.2, -0.15) is 4.98 Å². The number of aromatic nitrogens is 2. The number of aliphatic hydroxyl groups excluding tert-OH is 1. The Labute approximate surface area is 159 Å². The molecule has 1 aliphatic heterocycles. The number of amides is 1. The lowest BCUT2D eigenvalue weighted by Crippen LogP contribution is -2.34. The first kappa shape index (κ1) is 20.4. The van der Waals surface area contributed by atoms with E-state index in [4.69, 9.17) is 4.52 Å². The molecule has 0 spiro atoms. The van der Waals surface area contributed by atoms with Crippen LogP contribution < -0.4 is 10.6 Å². The molecule has 2 aromatic rings. The zero-order valence-electron chi connectivity index (χ0n) is 15.2. The van der Waals surface area contributed by atoms with Crippen LogP contribution in [0.5, 0.6) is 0 Å². The van der Waals surface area contributed by atoms with Gasteiger partial charge in [0.2, 0.25) is 0 Å². The summed E-state index contributed by atoms with van der Waals surface area (Å²) in [6.45, 7) is 7.68. The molecule has 1 aliphatic rings. The number of carbonyl (C=O) groups is 1. The third-order valence-electron chi connectivity index (χ3n) is 4.33. The summed E-state index contributed by atoms with van der Waals surface area (Å²) in [5.74, 6) is 0.730. The number of nitrogens with zero attached hydrogens (tertiary/aromatic N) is 2. The van der Waals surface area contributed by atoms with E-state index >= 15 is 0 Å². The molecule has 2 heterocycles. The zero-order chi connectivity index (χ0) is 18.0. The van der Waals surface area contributed by atoms with Gasteiger partial charge in [0, 0.05) is 31.0 Å². The van der Waals surface area contributed by atoms with Gasteiger partial charge in [-0.25, -0.2) is 0 Å². The van der Waals surface area contributed by atoms with Gasteiger partial charge in [0.15, 0.2) is 5.82 Å². The molecule has 0 bridgehead atoms. The molecule has 3 N–H and O–H groups in total. The van der Waals surface area contributed by atoms with E-state index in [1.54, 1.807) is 18.2 Å². The first-order valence-electron chi connectivity index (χ1n) is 8.47. The second-order valence-corrected chi connectivity index (χ2v) is 7.41. The minimum atomic E-state index is -0.430. The molecule has 0 saturated carbocycles. The van der Waals surface area contributed by atoms with E-state index in [1.807, 2.05) is 26.8 Å². The molecular formula is C18H25ClN4O3. The molecular weight excluding hydrogens is 356 g/mol. The Morgan fingerprint density at radius 3 is 2.69 bits per heavy atom. The molecule has 7 nitrogen and oxygen atoms in total. The minimum Gasteiger partial charge on any atom is -0.391 e. The fourth-order valence-electron chi connectivity index (χ4n) is 2.75. The summed E-state index contributed by atoms with van der Waals surface area (Å²) in [5, 5.41) is 19.9. The lowest BCUT2D eigenvalue weighted by Gasteiger charge is -2.14. The summed E-state index contributed by atoms with van der Waals surface area (Å²) in [6, 6.07) is 7.15. The Morgan fingerprint density at radius 1 is 1.35 bits per heavy atom. The number of nitrogens with one attached hydrogen (secondary N) is 2. The predicted octanol–water partition coefficient (Wildman–Crippen LogP) is 1.77. The summed E-state index contributed by atoms with van der Waals surface area (Å²) in [7, 11) is 0. The molecule has 2 unspecified atom stereocenters. The fraction of sp³-hybridized carbons (Fsp3) is 0.500. The molecule has 3 rings (SSSR count). The van der Waals surface area contributed by atoms with Gasteiger partial charge in [-0.15, -0.1) is 12.4 Å². The van der Waals surface area contributed by atoms with E-state index in [9.17, 15) is 9.90 Å². The van der Waals surface area contributed by atoms with E-state index in [0.29, 0.717) is 42.5 Å². The predicted molar refractivity (Wildman–Crippen MR) is 100 cm³/mol. The van der Waals surface area contributed by atoms with Gasteiger partial charge in [-0.3, -0.25) is 4.79 Å². The van der Waals surface area contributed by atoms with Crippen molar-refractivity contribution in [2.45, 2.75) is 32.3 Å². The summed E-state index contributed by atoms with van der Waals surface area (Å²) >= 11 is 0. The van der Waals surface area contributed by atoms with Crippen molar-refractivity contribution in [3.8, 4) is 11.5 Å². The fourth-order valence-corrected chi connectivity index (χ4v) is 2.75. The van der Waals surface area contributed by atoms with Crippen LogP contribution in [0.25, 0.3) is 11.5 Å². The van der Waals surface area contributed by atoms with Crippen LogP contribution in [0, 0.1) is 5.92 Å². The van der Waals surface area contributed by atoms with E-state index in [-0.39, 0.29) is 29.6 Å². The van der Waals surface area contributed by atoms with Crippen molar-refractivity contribution in [2.24, 2.45) is 5.92 Å². The maximum absolute atomic E-state index is 12.6. The third-order valence-corrected chi connectivity index (χ3v) is 4.33. The SMILES string of the molecule is CC(C)(C)c1noc(-c2ccccc2C(=O)NCC2CNCC2O)n1.Cl. The number of carbonyl (C=O) groups excluding carboxylic acids is 1. The Balaban J connectivity index is 0.00000243. The molecule has 1 amide bonds. The largest absolute Gasteiger partial charge is 0.391 e. The molecule has 142 valence electrons. The molecule has 2 atom stereocenters. The van der Waals surface area contributed by atoms with Gasteiger partial charge < -0.3 is 20.3 Å². The van der Waals surface area contributed by atoms with E-state index < -0.39 is 6.10 Å². The monoisotopic (exact) mass is 380 g/mol. The van der Waals surface area contributed by atoms with E-state index in [2.05, 4.69) is 20.8 Å². The van der Waals surface area contributed by atoms with E-state index in [1.165, 1.54) is 0 Å². The molecule has 1 fully saturated rings. The molecule has 1 aromatic carbocycles. The molecule has 0 aliphatic carbocycles. The smallest absolute Gasteiger partial charge is 0.258 e. The van der Waals surface area contributed by atoms with Gasteiger partial charge in [0.1, 0.15) is 0 Å². The Bertz CT molecular complexity index is 757. The first-order valence-corrected chi connectivity index (χ1v) is 8.47. The normalized spacial score (nSPS) is 19.8. The summed E-state index contributed by atoms with van der Waals surface area (Å²) < 4.78 is 5.37. The highest BCUT2D eigenvalue weighted by molar-refractivity contribution is 5.99. The van der Waals surface area contributed by atoms with Crippen molar-refractivity contribution in [3.63, 3.8) is 0 Å². The Morgan fingerprint density at radius 2 is 2.08 bits per heavy atom. The van der Waals surface area contributed by atoms with Crippen LogP contribution in [0.3, 0.4) is 0 Å². The number of halogens is 1. The van der Waals surface area contributed by atoms with Gasteiger partial charge in [-0.05, 0) is 12.1 Å². The van der Waals surface area contributed by atoms with Gasteiger partial charge in [0.25, 0.3) is 11.8 Å². The maximum atomic E-state index is 12.6. The molecule has 0 radical (unpaired) electrons. The quantitative estimate of drug-likeness (QED) is 0.747. The summed E-state index contributed by atoms with van der Waals surface area (Å²) in [6.07, 6.45) is -0.430. The molecule has 8 heteroatoms. The van der Waals surface area contributed by atoms with Crippen molar-refractivity contribution in [3.05, 3.63) is 35.7 Å². The number of hydrogen-bond acceptors (Lipinski definition) is 6. The lowest BCUT2D eigenvalue weighted by molar-refractivity contribution is 0.0927. The zero-order valence-corrected chi connectivity index (χ0v) is 16.0. The summed E-state index contributed by atoms with van der Waals surface area (Å²) in [5.41, 5.74) is 0.852. The van der Waals surface area contributed by atoms with Crippen LogP contribution in [0.1, 0.15) is 37.0 Å². The summed E-state index contributed by atoms with van der Waals surface area (Å²) in [4.78, 5) is 17.0. The molecule has 26 heavy (non-hydrogen) atoms. The lowest BCUT2D eigenvalue weighted by atomic mass is 9.96. The van der Waals surface area contributed by atoms with Crippen molar-refractivity contribution in [2.75, 3.05) is 19.6 Å². The number of β-amino-alcohol motifs (C(OH)–C–C–N with tert-alkyl or cyclic N) is 1. The Kier molecular flexibility index (Phi) is 6.39. The highest BCUT2D eigenvalue weighted by Crippen LogP contribution is 2.26.